The van der Waals surface area contributed by atoms with Crippen LogP contribution in [0.5, 0.6) is 0 Å². The maximum absolute atomic E-state index is 11.7. The fourth-order valence-electron chi connectivity index (χ4n) is 1.53. The van der Waals surface area contributed by atoms with E-state index in [-0.39, 0.29) is 23.9 Å². The number of carbonyl (C=O) groups excluding carboxylic acids is 1. The summed E-state index contributed by atoms with van der Waals surface area (Å²) >= 11 is 0. The molecule has 3 N–H and O–H groups in total. The van der Waals surface area contributed by atoms with Crippen molar-refractivity contribution in [3.8, 4) is 0 Å². The van der Waals surface area contributed by atoms with Gasteiger partial charge >= 0.3 is 0 Å². The second kappa shape index (κ2) is 11.7. The third kappa shape index (κ3) is 7.87. The van der Waals surface area contributed by atoms with E-state index in [4.69, 9.17) is 15.2 Å². The van der Waals surface area contributed by atoms with Crippen LogP contribution in [0.4, 0.5) is 0 Å². The molecule has 1 amide bonds. The Labute approximate surface area is 116 Å². The zero-order valence-electron chi connectivity index (χ0n) is 11.7. The van der Waals surface area contributed by atoms with Crippen molar-refractivity contribution >= 4 is 18.3 Å². The van der Waals surface area contributed by atoms with Crippen molar-refractivity contribution in [2.24, 2.45) is 5.73 Å². The summed E-state index contributed by atoms with van der Waals surface area (Å²) in [5, 5.41) is 3.00. The van der Waals surface area contributed by atoms with Crippen molar-refractivity contribution < 1.29 is 14.3 Å². The molecule has 0 aliphatic carbocycles. The first-order valence-electron chi connectivity index (χ1n) is 6.22. The highest BCUT2D eigenvalue weighted by atomic mass is 35.5. The smallest absolute Gasteiger partial charge is 0.222 e. The third-order valence-electron chi connectivity index (χ3n) is 3.05. The predicted octanol–water partition coefficient (Wildman–Crippen LogP) is 1.09. The van der Waals surface area contributed by atoms with Gasteiger partial charge in [0.05, 0.1) is 25.4 Å². The summed E-state index contributed by atoms with van der Waals surface area (Å²) in [5.74, 6) is -0.00318. The average Bonchev–Trinajstić information content (AvgIpc) is 2.36. The Kier molecular flexibility index (Phi) is 13.0. The first kappa shape index (κ1) is 20.0. The zero-order chi connectivity index (χ0) is 13.1. The van der Waals surface area contributed by atoms with E-state index in [1.165, 1.54) is 0 Å². The van der Waals surface area contributed by atoms with Crippen molar-refractivity contribution in [2.45, 2.75) is 38.6 Å². The number of rotatable bonds is 10. The fourth-order valence-corrected chi connectivity index (χ4v) is 1.53. The van der Waals surface area contributed by atoms with Crippen molar-refractivity contribution in [1.29, 1.82) is 0 Å². The molecular formula is C12H27ClN2O3. The molecule has 0 bridgehead atoms. The first-order chi connectivity index (χ1) is 8.14. The molecule has 0 fully saturated rings. The second-order valence-corrected chi connectivity index (χ2v) is 4.09. The summed E-state index contributed by atoms with van der Waals surface area (Å²) in [6.45, 7) is 6.03. The molecule has 0 saturated carbocycles. The molecule has 0 aliphatic heterocycles. The normalized spacial score (nSPS) is 10.9. The lowest BCUT2D eigenvalue weighted by atomic mass is 9.93. The highest BCUT2D eigenvalue weighted by molar-refractivity contribution is 5.85. The van der Waals surface area contributed by atoms with Crippen LogP contribution in [0.25, 0.3) is 0 Å². The lowest BCUT2D eigenvalue weighted by molar-refractivity contribution is -0.124. The van der Waals surface area contributed by atoms with Gasteiger partial charge in [0.1, 0.15) is 0 Å². The number of halogens is 1. The van der Waals surface area contributed by atoms with Crippen LogP contribution in [0, 0.1) is 0 Å². The standard InChI is InChI=1S/C12H26N2O3.ClH/c1-4-12(5-2,10-13)14-11(15)6-7-17-9-8-16-3;/h4-10,13H2,1-3H3,(H,14,15);1H. The number of nitrogens with two attached hydrogens (primary N) is 1. The molecule has 0 unspecified atom stereocenters. The molecule has 0 aromatic carbocycles. The fraction of sp³-hybridized carbons (Fsp3) is 0.917. The summed E-state index contributed by atoms with van der Waals surface area (Å²) in [6, 6.07) is 0. The number of hydrogen-bond acceptors (Lipinski definition) is 4. The minimum atomic E-state index is -0.260. The lowest BCUT2D eigenvalue weighted by Gasteiger charge is -2.31. The SMILES string of the molecule is CCC(CC)(CN)NC(=O)CCOCCOC.Cl. The van der Waals surface area contributed by atoms with Crippen molar-refractivity contribution in [1.82, 2.24) is 5.32 Å². The molecule has 5 nitrogen and oxygen atoms in total. The third-order valence-corrected chi connectivity index (χ3v) is 3.05. The Balaban J connectivity index is 0. The van der Waals surface area contributed by atoms with Gasteiger partial charge in [-0.3, -0.25) is 4.79 Å². The highest BCUT2D eigenvalue weighted by Gasteiger charge is 2.25. The topological polar surface area (TPSA) is 73.6 Å². The van der Waals surface area contributed by atoms with Crippen LogP contribution in [0.15, 0.2) is 0 Å². The number of carbonyl (C=O) groups is 1. The van der Waals surface area contributed by atoms with E-state index in [0.29, 0.717) is 32.8 Å². The number of ether oxygens (including phenoxy) is 2. The van der Waals surface area contributed by atoms with E-state index in [1.807, 2.05) is 13.8 Å². The van der Waals surface area contributed by atoms with E-state index in [9.17, 15) is 4.79 Å². The summed E-state index contributed by atoms with van der Waals surface area (Å²) in [5.41, 5.74) is 5.45. The molecule has 0 saturated heterocycles. The van der Waals surface area contributed by atoms with E-state index in [1.54, 1.807) is 7.11 Å². The van der Waals surface area contributed by atoms with Crippen molar-refractivity contribution in [3.05, 3.63) is 0 Å². The molecule has 0 spiro atoms. The van der Waals surface area contributed by atoms with Gasteiger partial charge < -0.3 is 20.5 Å². The second-order valence-electron chi connectivity index (χ2n) is 4.09. The molecule has 6 heteroatoms. The summed E-state index contributed by atoms with van der Waals surface area (Å²) < 4.78 is 10.1. The van der Waals surface area contributed by atoms with Gasteiger partial charge in [0.25, 0.3) is 0 Å². The highest BCUT2D eigenvalue weighted by Crippen LogP contribution is 2.13. The molecule has 0 atom stereocenters. The van der Waals surface area contributed by atoms with Crippen LogP contribution in [0.1, 0.15) is 33.1 Å². The Hall–Kier alpha value is -0.360. The van der Waals surface area contributed by atoms with Crippen LogP contribution < -0.4 is 11.1 Å². The van der Waals surface area contributed by atoms with Crippen LogP contribution in [0.3, 0.4) is 0 Å². The van der Waals surface area contributed by atoms with Crippen LogP contribution >= 0.6 is 12.4 Å². The van der Waals surface area contributed by atoms with Gasteiger partial charge in [0, 0.05) is 20.1 Å². The van der Waals surface area contributed by atoms with E-state index in [0.717, 1.165) is 12.8 Å². The molecule has 0 aliphatic rings. The van der Waals surface area contributed by atoms with Gasteiger partial charge in [-0.05, 0) is 12.8 Å². The molecule has 0 aromatic heterocycles. The monoisotopic (exact) mass is 282 g/mol. The Bertz CT molecular complexity index is 203. The van der Waals surface area contributed by atoms with E-state index in [2.05, 4.69) is 5.32 Å². The minimum absolute atomic E-state index is 0. The summed E-state index contributed by atoms with van der Waals surface area (Å²) in [4.78, 5) is 11.7. The number of hydrogen-bond donors (Lipinski definition) is 2. The van der Waals surface area contributed by atoms with E-state index < -0.39 is 0 Å². The van der Waals surface area contributed by atoms with Gasteiger partial charge in [0.2, 0.25) is 5.91 Å². The Morgan fingerprint density at radius 3 is 2.28 bits per heavy atom. The molecule has 0 radical (unpaired) electrons. The zero-order valence-corrected chi connectivity index (χ0v) is 12.5. The number of nitrogens with one attached hydrogen (secondary N) is 1. The quantitative estimate of drug-likeness (QED) is 0.589. The maximum atomic E-state index is 11.7. The van der Waals surface area contributed by atoms with Gasteiger partial charge in [-0.1, -0.05) is 13.8 Å². The van der Waals surface area contributed by atoms with Gasteiger partial charge in [0.15, 0.2) is 0 Å². The first-order valence-corrected chi connectivity index (χ1v) is 6.22. The predicted molar refractivity (Wildman–Crippen MR) is 75.1 cm³/mol. The van der Waals surface area contributed by atoms with Crippen LogP contribution in [-0.4, -0.2) is 44.9 Å². The Morgan fingerprint density at radius 2 is 1.83 bits per heavy atom. The number of methoxy groups -OCH3 is 1. The average molecular weight is 283 g/mol. The summed E-state index contributed by atoms with van der Waals surface area (Å²) in [7, 11) is 1.62. The van der Waals surface area contributed by atoms with Crippen molar-refractivity contribution in [2.75, 3.05) is 33.5 Å². The number of amides is 1. The van der Waals surface area contributed by atoms with Crippen LogP contribution in [0.2, 0.25) is 0 Å². The minimum Gasteiger partial charge on any atom is -0.382 e. The lowest BCUT2D eigenvalue weighted by Crippen LogP contribution is -2.53. The largest absolute Gasteiger partial charge is 0.382 e. The molecule has 18 heavy (non-hydrogen) atoms. The molecule has 0 rings (SSSR count). The van der Waals surface area contributed by atoms with E-state index >= 15 is 0 Å². The van der Waals surface area contributed by atoms with Gasteiger partial charge in [-0.25, -0.2) is 0 Å². The molecule has 0 heterocycles. The van der Waals surface area contributed by atoms with Gasteiger partial charge in [-0.15, -0.1) is 12.4 Å². The molecule has 0 aromatic rings. The molecular weight excluding hydrogens is 256 g/mol. The van der Waals surface area contributed by atoms with Crippen LogP contribution in [-0.2, 0) is 14.3 Å². The maximum Gasteiger partial charge on any atom is 0.222 e. The van der Waals surface area contributed by atoms with Gasteiger partial charge in [-0.2, -0.15) is 0 Å². The van der Waals surface area contributed by atoms with Crippen molar-refractivity contribution in [3.63, 3.8) is 0 Å². The summed E-state index contributed by atoms with van der Waals surface area (Å²) in [6.07, 6.45) is 2.05. The molecule has 110 valence electrons. The Morgan fingerprint density at radius 1 is 1.22 bits per heavy atom.